The highest BCUT2D eigenvalue weighted by atomic mass is 35.5. The van der Waals surface area contributed by atoms with Gasteiger partial charge in [-0.05, 0) is 60.7 Å². The van der Waals surface area contributed by atoms with Crippen molar-refractivity contribution < 1.29 is 4.79 Å². The smallest absolute Gasteiger partial charge is 0.271 e. The number of hydrogen-bond donors (Lipinski definition) is 1. The van der Waals surface area contributed by atoms with Gasteiger partial charge in [0.25, 0.3) is 5.56 Å². The summed E-state index contributed by atoms with van der Waals surface area (Å²) < 4.78 is 1.35. The van der Waals surface area contributed by atoms with Crippen LogP contribution in [-0.4, -0.2) is 28.8 Å². The number of amides is 1. The molecule has 4 rings (SSSR count). The van der Waals surface area contributed by atoms with E-state index in [0.717, 1.165) is 25.1 Å². The Morgan fingerprint density at radius 1 is 1.12 bits per heavy atom. The second kappa shape index (κ2) is 9.57. The predicted molar refractivity (Wildman–Crippen MR) is 129 cm³/mol. The second-order valence-corrected chi connectivity index (χ2v) is 8.91. The van der Waals surface area contributed by atoms with Crippen molar-refractivity contribution in [1.82, 2.24) is 9.78 Å². The third-order valence-corrected chi connectivity index (χ3v) is 6.04. The fourth-order valence-corrected chi connectivity index (χ4v) is 4.14. The Hall–Kier alpha value is -3.12. The van der Waals surface area contributed by atoms with Gasteiger partial charge in [0.2, 0.25) is 5.91 Å². The van der Waals surface area contributed by atoms with Crippen LogP contribution in [0.1, 0.15) is 38.2 Å². The quantitative estimate of drug-likeness (QED) is 0.602. The zero-order valence-electron chi connectivity index (χ0n) is 18.3. The molecule has 1 fully saturated rings. The summed E-state index contributed by atoms with van der Waals surface area (Å²) >= 11 is 6.08. The standard InChI is InChI=1S/C25H27ClN4O2/c1-17(2)18-8-10-21(11-9-18)27-25(32)19-5-4-14-29(16-19)23-12-13-24(31)30(28-23)22-7-3-6-20(26)15-22/h3,6-13,15,17,19H,4-5,14,16H2,1-2H3,(H,27,32)/t19-/m0/s1. The van der Waals surface area contributed by atoms with E-state index in [0.29, 0.717) is 29.0 Å². The molecule has 0 spiro atoms. The van der Waals surface area contributed by atoms with Gasteiger partial charge in [-0.3, -0.25) is 9.59 Å². The van der Waals surface area contributed by atoms with E-state index in [1.807, 2.05) is 12.1 Å². The molecule has 1 saturated heterocycles. The number of rotatable bonds is 5. The average Bonchev–Trinajstić information content (AvgIpc) is 2.80. The van der Waals surface area contributed by atoms with Gasteiger partial charge in [0, 0.05) is 29.9 Å². The van der Waals surface area contributed by atoms with Crippen LogP contribution >= 0.6 is 11.6 Å². The number of hydrogen-bond acceptors (Lipinski definition) is 4. The normalized spacial score (nSPS) is 16.2. The third kappa shape index (κ3) is 5.02. The molecule has 7 heteroatoms. The Morgan fingerprint density at radius 3 is 2.62 bits per heavy atom. The van der Waals surface area contributed by atoms with Gasteiger partial charge in [-0.15, -0.1) is 5.10 Å². The number of nitrogens with one attached hydrogen (secondary N) is 1. The molecule has 0 unspecified atom stereocenters. The summed E-state index contributed by atoms with van der Waals surface area (Å²) in [4.78, 5) is 27.4. The van der Waals surface area contributed by atoms with Gasteiger partial charge in [-0.2, -0.15) is 4.68 Å². The van der Waals surface area contributed by atoms with Crippen molar-refractivity contribution in [3.63, 3.8) is 0 Å². The zero-order chi connectivity index (χ0) is 22.7. The first-order chi connectivity index (χ1) is 15.4. The summed E-state index contributed by atoms with van der Waals surface area (Å²) in [6.07, 6.45) is 1.70. The van der Waals surface area contributed by atoms with Crippen LogP contribution in [0, 0.1) is 5.92 Å². The fourth-order valence-electron chi connectivity index (χ4n) is 3.96. The first-order valence-corrected chi connectivity index (χ1v) is 11.3. The van der Waals surface area contributed by atoms with Crippen LogP contribution in [0.4, 0.5) is 11.5 Å². The monoisotopic (exact) mass is 450 g/mol. The molecule has 0 aliphatic carbocycles. The molecule has 32 heavy (non-hydrogen) atoms. The van der Waals surface area contributed by atoms with Crippen molar-refractivity contribution in [3.05, 3.63) is 81.6 Å². The highest BCUT2D eigenvalue weighted by Gasteiger charge is 2.27. The molecule has 2 aromatic carbocycles. The van der Waals surface area contributed by atoms with E-state index < -0.39 is 0 Å². The predicted octanol–water partition coefficient (Wildman–Crippen LogP) is 4.86. The maximum atomic E-state index is 12.9. The first-order valence-electron chi connectivity index (χ1n) is 10.9. The fraction of sp³-hybridized carbons (Fsp3) is 0.320. The topological polar surface area (TPSA) is 67.2 Å². The number of carbonyl (C=O) groups excluding carboxylic acids is 1. The highest BCUT2D eigenvalue weighted by Crippen LogP contribution is 2.24. The second-order valence-electron chi connectivity index (χ2n) is 8.47. The van der Waals surface area contributed by atoms with E-state index in [9.17, 15) is 9.59 Å². The Balaban J connectivity index is 1.48. The van der Waals surface area contributed by atoms with Crippen LogP contribution in [0.2, 0.25) is 5.02 Å². The van der Waals surface area contributed by atoms with Gasteiger partial charge >= 0.3 is 0 Å². The van der Waals surface area contributed by atoms with Gasteiger partial charge in [0.1, 0.15) is 5.82 Å². The molecular formula is C25H27ClN4O2. The Labute approximate surface area is 192 Å². The van der Waals surface area contributed by atoms with Crippen LogP contribution in [0.5, 0.6) is 0 Å². The van der Waals surface area contributed by atoms with Crippen LogP contribution in [0.25, 0.3) is 5.69 Å². The van der Waals surface area contributed by atoms with Gasteiger partial charge in [-0.1, -0.05) is 43.6 Å². The summed E-state index contributed by atoms with van der Waals surface area (Å²) in [5.41, 5.74) is 2.43. The molecule has 1 N–H and O–H groups in total. The van der Waals surface area contributed by atoms with Crippen LogP contribution in [0.15, 0.2) is 65.5 Å². The van der Waals surface area contributed by atoms with Gasteiger partial charge in [0.15, 0.2) is 0 Å². The minimum atomic E-state index is -0.229. The summed E-state index contributed by atoms with van der Waals surface area (Å²) in [5, 5.41) is 8.14. The zero-order valence-corrected chi connectivity index (χ0v) is 19.0. The molecule has 166 valence electrons. The molecule has 1 aliphatic rings. The molecule has 0 bridgehead atoms. The van der Waals surface area contributed by atoms with Crippen molar-refractivity contribution in [2.24, 2.45) is 5.92 Å². The number of carbonyl (C=O) groups is 1. The molecule has 1 atom stereocenters. The Morgan fingerprint density at radius 2 is 1.91 bits per heavy atom. The lowest BCUT2D eigenvalue weighted by atomic mass is 9.97. The van der Waals surface area contributed by atoms with Crippen molar-refractivity contribution in [2.75, 3.05) is 23.3 Å². The van der Waals surface area contributed by atoms with Gasteiger partial charge < -0.3 is 10.2 Å². The molecule has 1 aromatic heterocycles. The van der Waals surface area contributed by atoms with E-state index in [4.69, 9.17) is 11.6 Å². The molecule has 1 amide bonds. The van der Waals surface area contributed by atoms with Gasteiger partial charge in [0.05, 0.1) is 11.6 Å². The summed E-state index contributed by atoms with van der Waals surface area (Å²) in [6, 6.07) is 18.3. The maximum Gasteiger partial charge on any atom is 0.271 e. The summed E-state index contributed by atoms with van der Waals surface area (Å²) in [6.45, 7) is 5.63. The molecule has 3 aromatic rings. The van der Waals surface area contributed by atoms with Crippen LogP contribution < -0.4 is 15.8 Å². The average molecular weight is 451 g/mol. The largest absolute Gasteiger partial charge is 0.354 e. The molecule has 0 radical (unpaired) electrons. The van der Waals surface area contributed by atoms with E-state index in [1.54, 1.807) is 30.3 Å². The molecule has 2 heterocycles. The molecular weight excluding hydrogens is 424 g/mol. The molecule has 0 saturated carbocycles. The first kappa shape index (κ1) is 22.1. The van der Waals surface area contributed by atoms with Crippen LogP contribution in [-0.2, 0) is 4.79 Å². The maximum absolute atomic E-state index is 12.9. The third-order valence-electron chi connectivity index (χ3n) is 5.80. The van der Waals surface area contributed by atoms with Gasteiger partial charge in [-0.25, -0.2) is 0 Å². The summed E-state index contributed by atoms with van der Waals surface area (Å²) in [5.74, 6) is 0.981. The van der Waals surface area contributed by atoms with Crippen molar-refractivity contribution >= 4 is 29.0 Å². The molecule has 1 aliphatic heterocycles. The Bertz CT molecular complexity index is 1160. The molecule has 6 nitrogen and oxygen atoms in total. The lowest BCUT2D eigenvalue weighted by Crippen LogP contribution is -2.41. The summed E-state index contributed by atoms with van der Waals surface area (Å²) in [7, 11) is 0. The van der Waals surface area contributed by atoms with E-state index in [-0.39, 0.29) is 17.4 Å². The van der Waals surface area contributed by atoms with E-state index in [1.165, 1.54) is 16.3 Å². The lowest BCUT2D eigenvalue weighted by molar-refractivity contribution is -0.120. The minimum absolute atomic E-state index is 0.00941. The number of aromatic nitrogens is 2. The minimum Gasteiger partial charge on any atom is -0.354 e. The number of benzene rings is 2. The van der Waals surface area contributed by atoms with Crippen molar-refractivity contribution in [1.29, 1.82) is 0 Å². The number of piperidine rings is 1. The Kier molecular flexibility index (Phi) is 6.61. The van der Waals surface area contributed by atoms with E-state index >= 15 is 0 Å². The van der Waals surface area contributed by atoms with E-state index in [2.05, 4.69) is 41.3 Å². The SMILES string of the molecule is CC(C)c1ccc(NC(=O)[C@H]2CCCN(c3ccc(=O)n(-c4cccc(Cl)c4)n3)C2)cc1. The highest BCUT2D eigenvalue weighted by molar-refractivity contribution is 6.30. The number of halogens is 1. The van der Waals surface area contributed by atoms with Crippen molar-refractivity contribution in [3.8, 4) is 5.69 Å². The number of anilines is 2. The van der Waals surface area contributed by atoms with Crippen LogP contribution in [0.3, 0.4) is 0 Å². The number of nitrogens with zero attached hydrogens (tertiary/aromatic N) is 3. The van der Waals surface area contributed by atoms with Crippen molar-refractivity contribution in [2.45, 2.75) is 32.6 Å². The lowest BCUT2D eigenvalue weighted by Gasteiger charge is -2.33.